The molecule has 1 aromatic rings. The minimum atomic E-state index is -2.90. The van der Waals surface area contributed by atoms with Crippen molar-refractivity contribution in [3.63, 3.8) is 0 Å². The van der Waals surface area contributed by atoms with Gasteiger partial charge in [-0.3, -0.25) is 4.57 Å². The second kappa shape index (κ2) is 6.42. The van der Waals surface area contributed by atoms with Crippen molar-refractivity contribution in [2.75, 3.05) is 18.5 Å². The van der Waals surface area contributed by atoms with Crippen molar-refractivity contribution >= 4 is 29.4 Å². The number of nitro groups is 1. The predicted octanol–water partition coefficient (Wildman–Crippen LogP) is 1.65. The van der Waals surface area contributed by atoms with Gasteiger partial charge in [0.05, 0.1) is 7.05 Å². The van der Waals surface area contributed by atoms with E-state index in [0.29, 0.717) is 17.6 Å². The molecule has 0 saturated carbocycles. The smallest absolute Gasteiger partial charge is 0.390 e. The lowest BCUT2D eigenvalue weighted by Crippen LogP contribution is -2.14. The normalized spacial score (nSPS) is 14.4. The number of rotatable bonds is 7. The summed E-state index contributed by atoms with van der Waals surface area (Å²) in [6, 6.07) is 0. The minimum Gasteiger partial charge on any atom is -0.390 e. The van der Waals surface area contributed by atoms with Crippen molar-refractivity contribution in [1.82, 2.24) is 14.6 Å². The molecule has 1 atom stereocenters. The Hall–Kier alpha value is -0.760. The highest BCUT2D eigenvalue weighted by atomic mass is 79.9. The second-order valence-electron chi connectivity index (χ2n) is 3.58. The Kier molecular flexibility index (Phi) is 5.46. The average molecular weight is 341 g/mol. The van der Waals surface area contributed by atoms with Gasteiger partial charge in [-0.05, 0) is 4.92 Å². The Labute approximate surface area is 113 Å². The molecule has 0 aliphatic heterocycles. The standard InChI is InChI=1S/C8H14BrN4O4P/c1-12-7(5-10-8(12)13(14)15)6-17-18(2,16)11-4-3-9/h5H,3-4,6H2,1-2H3,(H,11,16). The summed E-state index contributed by atoms with van der Waals surface area (Å²) in [5.74, 6) is -0.270. The largest absolute Gasteiger partial charge is 0.434 e. The molecule has 0 spiro atoms. The lowest BCUT2D eigenvalue weighted by Gasteiger charge is -2.13. The van der Waals surface area contributed by atoms with Crippen LogP contribution in [0, 0.1) is 10.1 Å². The molecule has 1 aromatic heterocycles. The summed E-state index contributed by atoms with van der Waals surface area (Å²) in [4.78, 5) is 13.6. The summed E-state index contributed by atoms with van der Waals surface area (Å²) in [7, 11) is -1.39. The number of imidazole rings is 1. The number of hydrogen-bond donors (Lipinski definition) is 1. The van der Waals surface area contributed by atoms with Crippen LogP contribution in [-0.2, 0) is 22.7 Å². The van der Waals surface area contributed by atoms with Gasteiger partial charge in [0.25, 0.3) is 7.52 Å². The van der Waals surface area contributed by atoms with Gasteiger partial charge in [0.15, 0.2) is 0 Å². The van der Waals surface area contributed by atoms with Crippen LogP contribution in [-0.4, -0.2) is 33.0 Å². The number of alkyl halides is 1. The Morgan fingerprint density at radius 2 is 2.39 bits per heavy atom. The summed E-state index contributed by atoms with van der Waals surface area (Å²) in [5, 5.41) is 14.0. The third-order valence-corrected chi connectivity index (χ3v) is 3.99. The van der Waals surface area contributed by atoms with Crippen LogP contribution < -0.4 is 5.09 Å². The van der Waals surface area contributed by atoms with E-state index in [1.54, 1.807) is 0 Å². The highest BCUT2D eigenvalue weighted by Crippen LogP contribution is 2.38. The highest BCUT2D eigenvalue weighted by molar-refractivity contribution is 9.09. The average Bonchev–Trinajstić information content (AvgIpc) is 2.66. The van der Waals surface area contributed by atoms with Gasteiger partial charge in [-0.1, -0.05) is 20.9 Å². The van der Waals surface area contributed by atoms with Crippen LogP contribution in [0.25, 0.3) is 0 Å². The summed E-state index contributed by atoms with van der Waals surface area (Å²) in [6.45, 7) is 1.97. The number of nitrogens with zero attached hydrogens (tertiary/aromatic N) is 3. The molecule has 1 unspecified atom stereocenters. The zero-order valence-electron chi connectivity index (χ0n) is 10.00. The van der Waals surface area contributed by atoms with Crippen LogP contribution in [0.3, 0.4) is 0 Å². The van der Waals surface area contributed by atoms with Gasteiger partial charge < -0.3 is 14.6 Å². The Morgan fingerprint density at radius 1 is 1.72 bits per heavy atom. The maximum atomic E-state index is 11.9. The third kappa shape index (κ3) is 4.16. The summed E-state index contributed by atoms with van der Waals surface area (Å²) in [6.07, 6.45) is 1.34. The molecule has 0 radical (unpaired) electrons. The number of aromatic nitrogens is 2. The van der Waals surface area contributed by atoms with Crippen LogP contribution in [0.5, 0.6) is 0 Å². The number of nitrogens with one attached hydrogen (secondary N) is 1. The first-order valence-corrected chi connectivity index (χ1v) is 8.25. The van der Waals surface area contributed by atoms with E-state index in [9.17, 15) is 14.7 Å². The van der Waals surface area contributed by atoms with Crippen LogP contribution in [0.15, 0.2) is 6.20 Å². The molecule has 0 saturated heterocycles. The molecule has 0 fully saturated rings. The molecule has 0 bridgehead atoms. The zero-order chi connectivity index (χ0) is 13.8. The quantitative estimate of drug-likeness (QED) is 0.350. The van der Waals surface area contributed by atoms with Crippen molar-refractivity contribution in [2.24, 2.45) is 7.05 Å². The van der Waals surface area contributed by atoms with E-state index in [1.807, 2.05) is 0 Å². The minimum absolute atomic E-state index is 0.000400. The van der Waals surface area contributed by atoms with Crippen molar-refractivity contribution in [1.29, 1.82) is 0 Å². The predicted molar refractivity (Wildman–Crippen MR) is 70.0 cm³/mol. The topological polar surface area (TPSA) is 99.3 Å². The molecule has 10 heteroatoms. The molecule has 1 N–H and O–H groups in total. The van der Waals surface area contributed by atoms with Crippen molar-refractivity contribution < 1.29 is 14.0 Å². The Balaban J connectivity index is 2.64. The molecule has 0 aromatic carbocycles. The first kappa shape index (κ1) is 15.3. The van der Waals surface area contributed by atoms with Gasteiger partial charge in [0.1, 0.15) is 18.5 Å². The van der Waals surface area contributed by atoms with E-state index in [4.69, 9.17) is 4.52 Å². The van der Waals surface area contributed by atoms with Crippen LogP contribution >= 0.6 is 23.4 Å². The lowest BCUT2D eigenvalue weighted by atomic mass is 10.5. The molecule has 0 aliphatic rings. The first-order valence-electron chi connectivity index (χ1n) is 5.05. The van der Waals surface area contributed by atoms with E-state index in [0.717, 1.165) is 0 Å². The van der Waals surface area contributed by atoms with E-state index in [1.165, 1.54) is 24.5 Å². The maximum Gasteiger partial charge on any atom is 0.434 e. The lowest BCUT2D eigenvalue weighted by molar-refractivity contribution is -0.396. The fourth-order valence-corrected chi connectivity index (χ4v) is 2.71. The summed E-state index contributed by atoms with van der Waals surface area (Å²) < 4.78 is 18.4. The molecular weight excluding hydrogens is 327 g/mol. The molecule has 0 aliphatic carbocycles. The van der Waals surface area contributed by atoms with Crippen LogP contribution in [0.2, 0.25) is 0 Å². The van der Waals surface area contributed by atoms with Gasteiger partial charge >= 0.3 is 5.95 Å². The second-order valence-corrected chi connectivity index (χ2v) is 6.64. The molecule has 0 amide bonds. The fraction of sp³-hybridized carbons (Fsp3) is 0.625. The zero-order valence-corrected chi connectivity index (χ0v) is 12.5. The summed E-state index contributed by atoms with van der Waals surface area (Å²) >= 11 is 3.20. The first-order chi connectivity index (χ1) is 8.37. The van der Waals surface area contributed by atoms with Crippen molar-refractivity contribution in [3.05, 3.63) is 22.0 Å². The van der Waals surface area contributed by atoms with Gasteiger partial charge in [-0.2, -0.15) is 0 Å². The van der Waals surface area contributed by atoms with E-state index < -0.39 is 12.4 Å². The molecule has 1 rings (SSSR count). The molecule has 102 valence electrons. The van der Waals surface area contributed by atoms with Gasteiger partial charge in [-0.15, -0.1) is 0 Å². The van der Waals surface area contributed by atoms with Gasteiger partial charge in [0.2, 0.25) is 0 Å². The van der Waals surface area contributed by atoms with E-state index in [-0.39, 0.29) is 12.6 Å². The molecule has 18 heavy (non-hydrogen) atoms. The SMILES string of the molecule is Cn1c(COP(C)(=O)NCCBr)cnc1[N+](=O)[O-]. The molecular formula is C8H14BrN4O4P. The number of halogens is 1. The Bertz CT molecular complexity index is 478. The van der Waals surface area contributed by atoms with Crippen molar-refractivity contribution in [3.8, 4) is 0 Å². The van der Waals surface area contributed by atoms with E-state index in [2.05, 4.69) is 26.0 Å². The monoisotopic (exact) mass is 340 g/mol. The Morgan fingerprint density at radius 3 is 2.89 bits per heavy atom. The fourth-order valence-electron chi connectivity index (χ4n) is 1.22. The van der Waals surface area contributed by atoms with Crippen LogP contribution in [0.4, 0.5) is 5.95 Å². The van der Waals surface area contributed by atoms with Gasteiger partial charge in [0, 0.05) is 18.5 Å². The van der Waals surface area contributed by atoms with E-state index >= 15 is 0 Å². The molecule has 8 nitrogen and oxygen atoms in total. The third-order valence-electron chi connectivity index (χ3n) is 2.18. The van der Waals surface area contributed by atoms with Crippen molar-refractivity contribution in [2.45, 2.75) is 6.61 Å². The van der Waals surface area contributed by atoms with Gasteiger partial charge in [-0.25, -0.2) is 9.65 Å². The number of hydrogen-bond acceptors (Lipinski definition) is 5. The van der Waals surface area contributed by atoms with Crippen LogP contribution in [0.1, 0.15) is 5.69 Å². The molecule has 1 heterocycles. The summed E-state index contributed by atoms with van der Waals surface area (Å²) in [5.41, 5.74) is 0.490. The maximum absolute atomic E-state index is 11.9. The highest BCUT2D eigenvalue weighted by Gasteiger charge is 2.21.